The van der Waals surface area contributed by atoms with Crippen molar-refractivity contribution in [2.75, 3.05) is 5.75 Å². The van der Waals surface area contributed by atoms with Crippen LogP contribution in [0.15, 0.2) is 45.1 Å². The normalized spacial score (nSPS) is 10.5. The van der Waals surface area contributed by atoms with Crippen LogP contribution in [0.1, 0.15) is 9.67 Å². The fourth-order valence-electron chi connectivity index (χ4n) is 1.26. The van der Waals surface area contributed by atoms with Crippen LogP contribution in [0, 0.1) is 5.82 Å². The van der Waals surface area contributed by atoms with Gasteiger partial charge in [0, 0.05) is 9.37 Å². The van der Waals surface area contributed by atoms with Crippen molar-refractivity contribution in [2.24, 2.45) is 0 Å². The Morgan fingerprint density at radius 3 is 2.76 bits per heavy atom. The molecule has 0 N–H and O–H groups in total. The third-order valence-corrected chi connectivity index (χ3v) is 4.99. The first kappa shape index (κ1) is 12.8. The number of carbonyl (C=O) groups excluding carboxylic acids is 1. The molecule has 2 rings (SSSR count). The lowest BCUT2D eigenvalue weighted by Crippen LogP contribution is -2.00. The second-order valence-corrected chi connectivity index (χ2v) is 6.03. The first-order valence-electron chi connectivity index (χ1n) is 4.82. The van der Waals surface area contributed by atoms with Crippen molar-refractivity contribution in [1.29, 1.82) is 0 Å². The summed E-state index contributed by atoms with van der Waals surface area (Å²) in [5.41, 5.74) is 0. The molecule has 0 saturated carbocycles. The molecule has 0 amide bonds. The van der Waals surface area contributed by atoms with Crippen molar-refractivity contribution in [2.45, 2.75) is 4.90 Å². The number of benzene rings is 1. The van der Waals surface area contributed by atoms with Crippen LogP contribution in [0.5, 0.6) is 0 Å². The van der Waals surface area contributed by atoms with Crippen molar-refractivity contribution in [1.82, 2.24) is 0 Å². The summed E-state index contributed by atoms with van der Waals surface area (Å²) in [7, 11) is 0. The number of Topliss-reactive ketones (excluding diaryl/α,β-unsaturated/α-hetero) is 1. The van der Waals surface area contributed by atoms with Crippen LogP contribution in [-0.4, -0.2) is 11.5 Å². The van der Waals surface area contributed by atoms with E-state index in [2.05, 4.69) is 15.9 Å². The van der Waals surface area contributed by atoms with Gasteiger partial charge in [0.05, 0.1) is 10.6 Å². The number of hydrogen-bond donors (Lipinski definition) is 0. The van der Waals surface area contributed by atoms with Crippen molar-refractivity contribution < 1.29 is 9.18 Å². The van der Waals surface area contributed by atoms with E-state index in [1.807, 2.05) is 11.4 Å². The van der Waals surface area contributed by atoms with Gasteiger partial charge < -0.3 is 0 Å². The van der Waals surface area contributed by atoms with Crippen molar-refractivity contribution in [3.63, 3.8) is 0 Å². The Balaban J connectivity index is 2.02. The number of thiophene rings is 1. The van der Waals surface area contributed by atoms with E-state index in [0.29, 0.717) is 9.77 Å². The highest BCUT2D eigenvalue weighted by atomic mass is 79.9. The van der Waals surface area contributed by atoms with Crippen molar-refractivity contribution in [3.05, 3.63) is 50.9 Å². The number of hydrogen-bond acceptors (Lipinski definition) is 3. The molecule has 0 aliphatic carbocycles. The Kier molecular flexibility index (Phi) is 4.36. The van der Waals surface area contributed by atoms with Gasteiger partial charge in [0.2, 0.25) is 0 Å². The molecule has 1 aromatic carbocycles. The largest absolute Gasteiger partial charge is 0.292 e. The lowest BCUT2D eigenvalue weighted by atomic mass is 10.3. The van der Waals surface area contributed by atoms with E-state index in [1.54, 1.807) is 18.2 Å². The molecule has 2 aromatic rings. The van der Waals surface area contributed by atoms with Crippen molar-refractivity contribution >= 4 is 44.8 Å². The molecule has 0 aliphatic rings. The molecule has 0 saturated heterocycles. The van der Waals surface area contributed by atoms with Crippen LogP contribution in [0.2, 0.25) is 0 Å². The van der Waals surface area contributed by atoms with Gasteiger partial charge in [-0.15, -0.1) is 23.1 Å². The summed E-state index contributed by atoms with van der Waals surface area (Å²) < 4.78 is 14.1. The molecule has 0 unspecified atom stereocenters. The summed E-state index contributed by atoms with van der Waals surface area (Å²) in [5, 5.41) is 1.85. The average Bonchev–Trinajstić information content (AvgIpc) is 2.74. The highest BCUT2D eigenvalue weighted by Crippen LogP contribution is 2.27. The van der Waals surface area contributed by atoms with E-state index >= 15 is 0 Å². The molecule has 5 heteroatoms. The zero-order valence-corrected chi connectivity index (χ0v) is 11.9. The van der Waals surface area contributed by atoms with Gasteiger partial charge in [0.15, 0.2) is 5.78 Å². The molecule has 1 heterocycles. The van der Waals surface area contributed by atoms with E-state index in [9.17, 15) is 9.18 Å². The summed E-state index contributed by atoms with van der Waals surface area (Å²) in [6.07, 6.45) is 0. The Morgan fingerprint density at radius 1 is 1.35 bits per heavy atom. The van der Waals surface area contributed by atoms with E-state index in [4.69, 9.17) is 0 Å². The highest BCUT2D eigenvalue weighted by molar-refractivity contribution is 9.10. The van der Waals surface area contributed by atoms with Gasteiger partial charge in [0.25, 0.3) is 0 Å². The van der Waals surface area contributed by atoms with Crippen LogP contribution in [0.25, 0.3) is 0 Å². The number of halogens is 2. The number of rotatable bonds is 4. The van der Waals surface area contributed by atoms with Gasteiger partial charge in [-0.25, -0.2) is 4.39 Å². The predicted molar refractivity (Wildman–Crippen MR) is 73.5 cm³/mol. The fraction of sp³-hybridized carbons (Fsp3) is 0.0833. The third-order valence-electron chi connectivity index (χ3n) is 2.07. The summed E-state index contributed by atoms with van der Waals surface area (Å²) in [6, 6.07) is 8.31. The van der Waals surface area contributed by atoms with Crippen LogP contribution in [0.4, 0.5) is 4.39 Å². The average molecular weight is 331 g/mol. The molecular weight excluding hydrogens is 323 g/mol. The zero-order chi connectivity index (χ0) is 12.3. The Hall–Kier alpha value is -0.650. The molecule has 0 atom stereocenters. The summed E-state index contributed by atoms with van der Waals surface area (Å²) >= 11 is 5.93. The van der Waals surface area contributed by atoms with Gasteiger partial charge in [-0.1, -0.05) is 12.1 Å². The lowest BCUT2D eigenvalue weighted by molar-refractivity contribution is 0.102. The second-order valence-electron chi connectivity index (χ2n) is 3.24. The summed E-state index contributed by atoms with van der Waals surface area (Å²) in [6.45, 7) is 0. The SMILES string of the molecule is O=C(CSc1ccccc1F)c1sccc1Br. The third kappa shape index (κ3) is 3.18. The lowest BCUT2D eigenvalue weighted by Gasteiger charge is -2.01. The van der Waals surface area contributed by atoms with E-state index in [1.165, 1.54) is 29.2 Å². The summed E-state index contributed by atoms with van der Waals surface area (Å²) in [5.74, 6) is -0.0178. The molecule has 0 aliphatic heterocycles. The Morgan fingerprint density at radius 2 is 2.12 bits per heavy atom. The topological polar surface area (TPSA) is 17.1 Å². The first-order valence-corrected chi connectivity index (χ1v) is 7.48. The fourth-order valence-corrected chi connectivity index (χ4v) is 3.70. The van der Waals surface area contributed by atoms with Crippen LogP contribution >= 0.6 is 39.0 Å². The van der Waals surface area contributed by atoms with Crippen LogP contribution in [0.3, 0.4) is 0 Å². The zero-order valence-electron chi connectivity index (χ0n) is 8.65. The minimum absolute atomic E-state index is 0.0140. The Labute approximate surface area is 115 Å². The molecule has 0 spiro atoms. The van der Waals surface area contributed by atoms with Crippen LogP contribution in [-0.2, 0) is 0 Å². The molecule has 0 fully saturated rings. The van der Waals surface area contributed by atoms with Gasteiger partial charge in [-0.3, -0.25) is 4.79 Å². The number of carbonyl (C=O) groups is 1. The van der Waals surface area contributed by atoms with Gasteiger partial charge in [-0.05, 0) is 39.5 Å². The highest BCUT2D eigenvalue weighted by Gasteiger charge is 2.12. The molecule has 1 nitrogen and oxygen atoms in total. The molecule has 0 radical (unpaired) electrons. The monoisotopic (exact) mass is 330 g/mol. The van der Waals surface area contributed by atoms with E-state index in [-0.39, 0.29) is 17.4 Å². The van der Waals surface area contributed by atoms with Gasteiger partial charge in [-0.2, -0.15) is 0 Å². The number of ketones is 1. The number of thioether (sulfide) groups is 1. The molecule has 17 heavy (non-hydrogen) atoms. The minimum Gasteiger partial charge on any atom is -0.292 e. The molecule has 1 aromatic heterocycles. The maximum absolute atomic E-state index is 13.3. The van der Waals surface area contributed by atoms with E-state index in [0.717, 1.165) is 4.47 Å². The van der Waals surface area contributed by atoms with Gasteiger partial charge in [0.1, 0.15) is 5.82 Å². The second kappa shape index (κ2) is 5.80. The maximum atomic E-state index is 13.3. The van der Waals surface area contributed by atoms with Gasteiger partial charge >= 0.3 is 0 Å². The predicted octanol–water partition coefficient (Wildman–Crippen LogP) is 4.62. The van der Waals surface area contributed by atoms with E-state index < -0.39 is 0 Å². The molecular formula is C12H8BrFOS2. The quantitative estimate of drug-likeness (QED) is 0.600. The van der Waals surface area contributed by atoms with Crippen molar-refractivity contribution in [3.8, 4) is 0 Å². The Bertz CT molecular complexity index is 539. The maximum Gasteiger partial charge on any atom is 0.184 e. The minimum atomic E-state index is -0.282. The molecule has 88 valence electrons. The standard InChI is InChI=1S/C12H8BrFOS2/c13-8-5-6-16-12(8)10(15)7-17-11-4-2-1-3-9(11)14/h1-6H,7H2. The first-order chi connectivity index (χ1) is 8.18. The molecule has 0 bridgehead atoms. The van der Waals surface area contributed by atoms with Crippen LogP contribution < -0.4 is 0 Å². The smallest absolute Gasteiger partial charge is 0.184 e. The summed E-state index contributed by atoms with van der Waals surface area (Å²) in [4.78, 5) is 13.0.